The van der Waals surface area contributed by atoms with Gasteiger partial charge in [0, 0.05) is 36.8 Å². The summed E-state index contributed by atoms with van der Waals surface area (Å²) < 4.78 is 7.26. The first-order valence-corrected chi connectivity index (χ1v) is 11.6. The van der Waals surface area contributed by atoms with E-state index in [4.69, 9.17) is 16.3 Å². The minimum absolute atomic E-state index is 0.171. The number of benzene rings is 1. The number of hydrogen-bond acceptors (Lipinski definition) is 7. The predicted molar refractivity (Wildman–Crippen MR) is 125 cm³/mol. The molecule has 3 aromatic rings. The zero-order valence-electron chi connectivity index (χ0n) is 18.0. The van der Waals surface area contributed by atoms with Crippen molar-refractivity contribution in [3.63, 3.8) is 0 Å². The topological polar surface area (TPSA) is 89.3 Å². The molecule has 0 spiro atoms. The Labute approximate surface area is 194 Å². The number of nitrogens with one attached hydrogen (secondary N) is 1. The lowest BCUT2D eigenvalue weighted by molar-refractivity contribution is -0.0707. The summed E-state index contributed by atoms with van der Waals surface area (Å²) in [5.74, 6) is -0.606. The highest BCUT2D eigenvalue weighted by atomic mass is 35.5. The van der Waals surface area contributed by atoms with E-state index < -0.39 is 11.3 Å². The summed E-state index contributed by atoms with van der Waals surface area (Å²) in [6.45, 7) is 8.18. The number of ether oxygens (including phenoxy) is 1. The molecule has 4 rings (SSSR count). The van der Waals surface area contributed by atoms with Gasteiger partial charge in [-0.05, 0) is 32.9 Å². The molecule has 2 aromatic heterocycles. The second-order valence-electron chi connectivity index (χ2n) is 7.91. The zero-order chi connectivity index (χ0) is 22.8. The Morgan fingerprint density at radius 3 is 2.72 bits per heavy atom. The Hall–Kier alpha value is -2.59. The van der Waals surface area contributed by atoms with Gasteiger partial charge in [-0.3, -0.25) is 19.8 Å². The van der Waals surface area contributed by atoms with Crippen LogP contribution in [0.1, 0.15) is 35.7 Å². The molecule has 168 valence electrons. The zero-order valence-corrected chi connectivity index (χ0v) is 19.6. The SMILES string of the molecule is Cc1cc(=O)c(C(=O)Nc2nc(CN3C[C@@H](C)O[C@H](C)C3)cs2)nn1-c1ccccc1Cl. The number of halogens is 1. The number of para-hydroxylation sites is 1. The first kappa shape index (κ1) is 22.6. The van der Waals surface area contributed by atoms with Crippen LogP contribution in [-0.4, -0.2) is 50.9 Å². The van der Waals surface area contributed by atoms with Crippen molar-refractivity contribution in [2.75, 3.05) is 18.4 Å². The summed E-state index contributed by atoms with van der Waals surface area (Å²) in [5.41, 5.74) is 1.34. The normalized spacial score (nSPS) is 19.1. The van der Waals surface area contributed by atoms with Crippen molar-refractivity contribution in [2.45, 2.75) is 39.5 Å². The van der Waals surface area contributed by atoms with Gasteiger partial charge in [0.05, 0.1) is 28.6 Å². The van der Waals surface area contributed by atoms with Crippen LogP contribution in [0.15, 0.2) is 40.5 Å². The number of thiazole rings is 1. The Morgan fingerprint density at radius 1 is 1.28 bits per heavy atom. The molecule has 0 bridgehead atoms. The molecule has 0 radical (unpaired) electrons. The number of morpholine rings is 1. The summed E-state index contributed by atoms with van der Waals surface area (Å²) in [6.07, 6.45) is 0.342. The molecular weight excluding hydrogens is 450 g/mol. The number of aryl methyl sites for hydroxylation is 1. The second-order valence-corrected chi connectivity index (χ2v) is 9.18. The maximum absolute atomic E-state index is 12.8. The standard InChI is InChI=1S/C22H24ClN5O3S/c1-13-8-19(29)20(26-28(13)18-7-5-4-6-17(18)23)21(30)25-22-24-16(12-32-22)11-27-9-14(2)31-15(3)10-27/h4-8,12,14-15H,9-11H2,1-3H3,(H,24,25,30)/t14-,15-/m1/s1. The Morgan fingerprint density at radius 2 is 2.00 bits per heavy atom. The van der Waals surface area contributed by atoms with Crippen LogP contribution in [0.4, 0.5) is 5.13 Å². The fourth-order valence-electron chi connectivity index (χ4n) is 3.81. The van der Waals surface area contributed by atoms with Crippen LogP contribution in [-0.2, 0) is 11.3 Å². The molecule has 0 aliphatic carbocycles. The van der Waals surface area contributed by atoms with Crippen molar-refractivity contribution in [3.05, 3.63) is 68.0 Å². The van der Waals surface area contributed by atoms with Gasteiger partial charge in [0.15, 0.2) is 10.8 Å². The van der Waals surface area contributed by atoms with E-state index in [1.807, 2.05) is 11.4 Å². The number of aromatic nitrogens is 3. The van der Waals surface area contributed by atoms with Crippen molar-refractivity contribution >= 4 is 34.0 Å². The van der Waals surface area contributed by atoms with E-state index in [0.717, 1.165) is 18.8 Å². The minimum Gasteiger partial charge on any atom is -0.373 e. The molecule has 32 heavy (non-hydrogen) atoms. The number of amides is 1. The van der Waals surface area contributed by atoms with Gasteiger partial charge in [0.2, 0.25) is 5.43 Å². The van der Waals surface area contributed by atoms with Gasteiger partial charge in [-0.1, -0.05) is 23.7 Å². The predicted octanol–water partition coefficient (Wildman–Crippen LogP) is 3.51. The number of hydrogen-bond donors (Lipinski definition) is 1. The third-order valence-corrected chi connectivity index (χ3v) is 6.18. The largest absolute Gasteiger partial charge is 0.373 e. The van der Waals surface area contributed by atoms with Crippen LogP contribution in [0.3, 0.4) is 0 Å². The summed E-state index contributed by atoms with van der Waals surface area (Å²) in [7, 11) is 0. The highest BCUT2D eigenvalue weighted by Crippen LogP contribution is 2.21. The lowest BCUT2D eigenvalue weighted by Crippen LogP contribution is -2.44. The van der Waals surface area contributed by atoms with Crippen molar-refractivity contribution in [1.29, 1.82) is 0 Å². The Bertz CT molecular complexity index is 1180. The Kier molecular flexibility index (Phi) is 6.71. The van der Waals surface area contributed by atoms with E-state index in [2.05, 4.69) is 34.1 Å². The third kappa shape index (κ3) is 5.07. The van der Waals surface area contributed by atoms with Gasteiger partial charge in [-0.15, -0.1) is 11.3 Å². The molecule has 1 aliphatic heterocycles. The summed E-state index contributed by atoms with van der Waals surface area (Å²) >= 11 is 7.59. The van der Waals surface area contributed by atoms with Crippen LogP contribution in [0.2, 0.25) is 5.02 Å². The molecule has 1 fully saturated rings. The molecule has 1 aromatic carbocycles. The van der Waals surface area contributed by atoms with Crippen molar-refractivity contribution < 1.29 is 9.53 Å². The molecule has 1 saturated heterocycles. The van der Waals surface area contributed by atoms with Gasteiger partial charge in [0.25, 0.3) is 5.91 Å². The third-order valence-electron chi connectivity index (χ3n) is 5.06. The number of anilines is 1. The first-order valence-electron chi connectivity index (χ1n) is 10.3. The maximum atomic E-state index is 12.8. The van der Waals surface area contributed by atoms with E-state index >= 15 is 0 Å². The van der Waals surface area contributed by atoms with E-state index in [1.54, 1.807) is 25.1 Å². The molecule has 1 N–H and O–H groups in total. The van der Waals surface area contributed by atoms with Gasteiger partial charge in [-0.25, -0.2) is 9.67 Å². The number of rotatable bonds is 5. The number of carbonyl (C=O) groups is 1. The van der Waals surface area contributed by atoms with Gasteiger partial charge in [0.1, 0.15) is 0 Å². The molecule has 10 heteroatoms. The molecule has 0 unspecified atom stereocenters. The van der Waals surface area contributed by atoms with Crippen molar-refractivity contribution in [2.24, 2.45) is 0 Å². The van der Waals surface area contributed by atoms with E-state index in [-0.39, 0.29) is 17.9 Å². The lowest BCUT2D eigenvalue weighted by atomic mass is 10.2. The quantitative estimate of drug-likeness (QED) is 0.610. The fraction of sp³-hybridized carbons (Fsp3) is 0.364. The molecule has 8 nitrogen and oxygen atoms in total. The average molecular weight is 474 g/mol. The summed E-state index contributed by atoms with van der Waals surface area (Å²) in [5, 5.41) is 9.78. The van der Waals surface area contributed by atoms with Gasteiger partial charge >= 0.3 is 0 Å². The monoisotopic (exact) mass is 473 g/mol. The first-order chi connectivity index (χ1) is 15.3. The molecule has 3 heterocycles. The lowest BCUT2D eigenvalue weighted by Gasteiger charge is -2.34. The minimum atomic E-state index is -0.606. The van der Waals surface area contributed by atoms with Crippen LogP contribution < -0.4 is 10.7 Å². The van der Waals surface area contributed by atoms with E-state index in [9.17, 15) is 9.59 Å². The van der Waals surface area contributed by atoms with Gasteiger partial charge < -0.3 is 4.74 Å². The van der Waals surface area contributed by atoms with Gasteiger partial charge in [-0.2, -0.15) is 5.10 Å². The summed E-state index contributed by atoms with van der Waals surface area (Å²) in [6, 6.07) is 8.49. The van der Waals surface area contributed by atoms with Crippen LogP contribution in [0.25, 0.3) is 5.69 Å². The highest BCUT2D eigenvalue weighted by molar-refractivity contribution is 7.13. The number of nitrogens with zero attached hydrogens (tertiary/aromatic N) is 4. The van der Waals surface area contributed by atoms with Crippen LogP contribution in [0.5, 0.6) is 0 Å². The van der Waals surface area contributed by atoms with Crippen molar-refractivity contribution in [1.82, 2.24) is 19.7 Å². The molecule has 2 atom stereocenters. The maximum Gasteiger partial charge on any atom is 0.281 e. The fourth-order valence-corrected chi connectivity index (χ4v) is 4.72. The molecular formula is C22H24ClN5O3S. The van der Waals surface area contributed by atoms with Crippen LogP contribution >= 0.6 is 22.9 Å². The van der Waals surface area contributed by atoms with Crippen LogP contribution in [0, 0.1) is 6.92 Å². The smallest absolute Gasteiger partial charge is 0.281 e. The average Bonchev–Trinajstić information content (AvgIpc) is 3.14. The Balaban J connectivity index is 1.51. The molecule has 1 aliphatic rings. The molecule has 0 saturated carbocycles. The molecule has 1 amide bonds. The van der Waals surface area contributed by atoms with E-state index in [0.29, 0.717) is 28.1 Å². The van der Waals surface area contributed by atoms with E-state index in [1.165, 1.54) is 22.1 Å². The number of carbonyl (C=O) groups excluding carboxylic acids is 1. The highest BCUT2D eigenvalue weighted by Gasteiger charge is 2.23. The van der Waals surface area contributed by atoms with Crippen molar-refractivity contribution in [3.8, 4) is 5.69 Å². The summed E-state index contributed by atoms with van der Waals surface area (Å²) in [4.78, 5) is 32.1. The second kappa shape index (κ2) is 9.50.